The van der Waals surface area contributed by atoms with E-state index in [1.165, 1.54) is 10.7 Å². The second-order valence-corrected chi connectivity index (χ2v) is 8.30. The maximum absolute atomic E-state index is 13.9. The van der Waals surface area contributed by atoms with Gasteiger partial charge in [0.25, 0.3) is 11.1 Å². The summed E-state index contributed by atoms with van der Waals surface area (Å²) in [5, 5.41) is 0.450. The van der Waals surface area contributed by atoms with Crippen molar-refractivity contribution in [1.82, 2.24) is 23.9 Å². The maximum Gasteiger partial charge on any atom is 0.282 e. The Balaban J connectivity index is 1.73. The van der Waals surface area contributed by atoms with Crippen molar-refractivity contribution in [1.29, 1.82) is 0 Å². The van der Waals surface area contributed by atoms with Crippen molar-refractivity contribution in [2.75, 3.05) is 14.2 Å². The molecule has 0 N–H and O–H groups in total. The minimum atomic E-state index is -0.261. The lowest BCUT2D eigenvalue weighted by Crippen LogP contribution is -2.24. The van der Waals surface area contributed by atoms with E-state index in [9.17, 15) is 9.59 Å². The number of nitrogens with zero attached hydrogens (tertiary/aromatic N) is 5. The molecule has 182 valence electrons. The molecule has 0 saturated heterocycles. The van der Waals surface area contributed by atoms with Gasteiger partial charge in [0.1, 0.15) is 5.75 Å². The summed E-state index contributed by atoms with van der Waals surface area (Å²) in [7, 11) is 3.10. The number of fused-ring (bicyclic) bond motifs is 1. The molecular weight excluding hydrogens is 458 g/mol. The van der Waals surface area contributed by atoms with Crippen LogP contribution in [-0.4, -0.2) is 38.1 Å². The fourth-order valence-electron chi connectivity index (χ4n) is 4.32. The van der Waals surface area contributed by atoms with Crippen molar-refractivity contribution < 1.29 is 9.47 Å². The molecule has 0 radical (unpaired) electrons. The molecule has 0 aliphatic rings. The number of pyridine rings is 3. The number of rotatable bonds is 7. The van der Waals surface area contributed by atoms with E-state index in [4.69, 9.17) is 9.47 Å². The second-order valence-electron chi connectivity index (χ2n) is 8.30. The lowest BCUT2D eigenvalue weighted by atomic mass is 10.2. The molecule has 36 heavy (non-hydrogen) atoms. The zero-order valence-corrected chi connectivity index (χ0v) is 20.2. The summed E-state index contributed by atoms with van der Waals surface area (Å²) in [6.07, 6.45) is 1.56. The van der Waals surface area contributed by atoms with Gasteiger partial charge in [-0.3, -0.25) is 14.3 Å². The summed E-state index contributed by atoms with van der Waals surface area (Å²) in [6, 6.07) is 20.1. The Morgan fingerprint density at radius 3 is 2.39 bits per heavy atom. The van der Waals surface area contributed by atoms with Gasteiger partial charge in [0.2, 0.25) is 5.88 Å². The summed E-state index contributed by atoms with van der Waals surface area (Å²) in [5.41, 5.74) is 2.24. The molecule has 0 spiro atoms. The van der Waals surface area contributed by atoms with Crippen LogP contribution in [0.5, 0.6) is 11.6 Å². The molecule has 5 aromatic rings. The molecule has 0 fully saturated rings. The molecule has 9 nitrogen and oxygen atoms in total. The molecular formula is C27H25N5O4. The molecule has 4 heterocycles. The van der Waals surface area contributed by atoms with Gasteiger partial charge in [0.15, 0.2) is 5.82 Å². The van der Waals surface area contributed by atoms with Crippen LogP contribution >= 0.6 is 0 Å². The Bertz CT molecular complexity index is 1650. The van der Waals surface area contributed by atoms with Gasteiger partial charge in [0.05, 0.1) is 50.1 Å². The molecule has 4 aromatic heterocycles. The molecule has 5 rings (SSSR count). The van der Waals surface area contributed by atoms with E-state index < -0.39 is 0 Å². The van der Waals surface area contributed by atoms with E-state index in [0.717, 1.165) is 5.56 Å². The molecule has 0 unspecified atom stereocenters. The van der Waals surface area contributed by atoms with Gasteiger partial charge >= 0.3 is 0 Å². The molecule has 0 atom stereocenters. The Kier molecular flexibility index (Phi) is 6.12. The highest BCUT2D eigenvalue weighted by Crippen LogP contribution is 2.20. The van der Waals surface area contributed by atoms with Crippen LogP contribution in [0.15, 0.2) is 82.5 Å². The van der Waals surface area contributed by atoms with Crippen molar-refractivity contribution in [3.05, 3.63) is 111 Å². The number of hydrogen-bond donors (Lipinski definition) is 0. The van der Waals surface area contributed by atoms with E-state index in [1.54, 1.807) is 54.8 Å². The zero-order chi connectivity index (χ0) is 25.2. The summed E-state index contributed by atoms with van der Waals surface area (Å²) < 4.78 is 15.3. The Morgan fingerprint density at radius 1 is 0.889 bits per heavy atom. The van der Waals surface area contributed by atoms with Crippen LogP contribution in [0.3, 0.4) is 0 Å². The predicted octanol–water partition coefficient (Wildman–Crippen LogP) is 3.17. The van der Waals surface area contributed by atoms with E-state index in [2.05, 4.69) is 9.97 Å². The third-order valence-corrected chi connectivity index (χ3v) is 6.13. The fourth-order valence-corrected chi connectivity index (χ4v) is 4.32. The van der Waals surface area contributed by atoms with Crippen LogP contribution in [0.2, 0.25) is 0 Å². The van der Waals surface area contributed by atoms with E-state index >= 15 is 0 Å². The average Bonchev–Trinajstić information content (AvgIpc) is 3.17. The van der Waals surface area contributed by atoms with E-state index in [-0.39, 0.29) is 17.7 Å². The van der Waals surface area contributed by atoms with Gasteiger partial charge in [0, 0.05) is 17.8 Å². The van der Waals surface area contributed by atoms with Gasteiger partial charge in [-0.1, -0.05) is 36.4 Å². The predicted molar refractivity (Wildman–Crippen MR) is 136 cm³/mol. The molecule has 0 saturated carbocycles. The van der Waals surface area contributed by atoms with E-state index in [0.29, 0.717) is 46.3 Å². The van der Waals surface area contributed by atoms with E-state index in [1.807, 2.05) is 42.5 Å². The van der Waals surface area contributed by atoms with Gasteiger partial charge < -0.3 is 14.0 Å². The topological polar surface area (TPSA) is 93.2 Å². The van der Waals surface area contributed by atoms with Crippen LogP contribution in [0.1, 0.15) is 17.0 Å². The summed E-state index contributed by atoms with van der Waals surface area (Å²) in [6.45, 7) is 2.37. The van der Waals surface area contributed by atoms with Crippen LogP contribution in [0.4, 0.5) is 0 Å². The van der Waals surface area contributed by atoms with Crippen LogP contribution < -0.4 is 20.6 Å². The Morgan fingerprint density at radius 2 is 1.69 bits per heavy atom. The Labute approximate surface area is 206 Å². The first-order chi connectivity index (χ1) is 17.5. The number of hydrogen-bond acceptors (Lipinski definition) is 6. The SMILES string of the molecule is COc1ccc(-n2c(=O)c3c(C)n(Cc4cccc(OC)n4)c(=O)cc3n2Cc2ccccc2)nc1. The summed E-state index contributed by atoms with van der Waals surface area (Å²) in [4.78, 5) is 36.0. The summed E-state index contributed by atoms with van der Waals surface area (Å²) in [5.74, 6) is 1.47. The lowest BCUT2D eigenvalue weighted by molar-refractivity contribution is 0.395. The Hall–Kier alpha value is -4.66. The highest BCUT2D eigenvalue weighted by Gasteiger charge is 2.21. The van der Waals surface area contributed by atoms with Gasteiger partial charge in [-0.25, -0.2) is 9.97 Å². The lowest BCUT2D eigenvalue weighted by Gasteiger charge is -2.13. The minimum Gasteiger partial charge on any atom is -0.495 e. The smallest absolute Gasteiger partial charge is 0.282 e. The van der Waals surface area contributed by atoms with Gasteiger partial charge in [-0.15, -0.1) is 0 Å². The highest BCUT2D eigenvalue weighted by atomic mass is 16.5. The zero-order valence-electron chi connectivity index (χ0n) is 20.2. The largest absolute Gasteiger partial charge is 0.495 e. The number of methoxy groups -OCH3 is 2. The molecule has 0 aliphatic heterocycles. The maximum atomic E-state index is 13.9. The van der Waals surface area contributed by atoms with Crippen molar-refractivity contribution in [2.45, 2.75) is 20.0 Å². The second kappa shape index (κ2) is 9.53. The fraction of sp³-hybridized carbons (Fsp3) is 0.185. The third-order valence-electron chi connectivity index (χ3n) is 6.13. The van der Waals surface area contributed by atoms with Crippen LogP contribution in [0, 0.1) is 6.92 Å². The first kappa shape index (κ1) is 23.1. The molecule has 0 amide bonds. The monoisotopic (exact) mass is 483 g/mol. The van der Waals surface area contributed by atoms with Crippen LogP contribution in [0.25, 0.3) is 16.7 Å². The van der Waals surface area contributed by atoms with Crippen molar-refractivity contribution in [2.24, 2.45) is 0 Å². The standard InChI is InChI=1S/C27H25N5O4/c1-18-26-22(14-25(33)30(18)17-20-10-7-11-24(29-20)36-3)31(16-19-8-5-4-6-9-19)32(27(26)34)23-13-12-21(35-2)15-28-23/h4-15H,16-17H2,1-3H3. The van der Waals surface area contributed by atoms with Crippen molar-refractivity contribution >= 4 is 10.9 Å². The number of benzene rings is 1. The number of aryl methyl sites for hydroxylation is 1. The third kappa shape index (κ3) is 4.15. The molecule has 0 aliphatic carbocycles. The van der Waals surface area contributed by atoms with Crippen molar-refractivity contribution in [3.63, 3.8) is 0 Å². The van der Waals surface area contributed by atoms with Gasteiger partial charge in [-0.05, 0) is 30.7 Å². The van der Waals surface area contributed by atoms with Gasteiger partial charge in [-0.2, -0.15) is 4.68 Å². The first-order valence-corrected chi connectivity index (χ1v) is 11.4. The number of aromatic nitrogens is 5. The minimum absolute atomic E-state index is 0.210. The normalized spacial score (nSPS) is 11.1. The molecule has 0 bridgehead atoms. The quantitative estimate of drug-likeness (QED) is 0.353. The highest BCUT2D eigenvalue weighted by molar-refractivity contribution is 5.81. The molecule has 1 aromatic carbocycles. The van der Waals surface area contributed by atoms with Crippen LogP contribution in [-0.2, 0) is 13.1 Å². The molecule has 9 heteroatoms. The number of ether oxygens (including phenoxy) is 2. The first-order valence-electron chi connectivity index (χ1n) is 11.4. The van der Waals surface area contributed by atoms with Crippen molar-refractivity contribution in [3.8, 4) is 17.4 Å². The summed E-state index contributed by atoms with van der Waals surface area (Å²) >= 11 is 0. The average molecular weight is 484 g/mol.